The van der Waals surface area contributed by atoms with Crippen molar-refractivity contribution in [1.82, 2.24) is 24.9 Å². The lowest BCUT2D eigenvalue weighted by molar-refractivity contribution is -0.137. The molecule has 1 N–H and O–H groups in total. The van der Waals surface area contributed by atoms with Crippen molar-refractivity contribution in [2.24, 2.45) is 5.92 Å². The van der Waals surface area contributed by atoms with E-state index in [1.54, 1.807) is 23.0 Å². The molecule has 8 heteroatoms. The summed E-state index contributed by atoms with van der Waals surface area (Å²) < 4.78 is 0. The largest absolute Gasteiger partial charge is 0.345 e. The summed E-state index contributed by atoms with van der Waals surface area (Å²) >= 11 is 0. The molecule has 3 heterocycles. The highest BCUT2D eigenvalue weighted by atomic mass is 16.2. The van der Waals surface area contributed by atoms with Gasteiger partial charge in [0.1, 0.15) is 0 Å². The van der Waals surface area contributed by atoms with Crippen molar-refractivity contribution in [2.45, 2.75) is 39.0 Å². The summed E-state index contributed by atoms with van der Waals surface area (Å²) in [6, 6.07) is 0. The number of nitrogens with one attached hydrogen (secondary N) is 1. The predicted molar refractivity (Wildman–Crippen MR) is 100 cm³/mol. The molecule has 148 valence electrons. The van der Waals surface area contributed by atoms with Gasteiger partial charge in [0.2, 0.25) is 11.8 Å². The van der Waals surface area contributed by atoms with Crippen LogP contribution in [0.1, 0.15) is 55.1 Å². The summed E-state index contributed by atoms with van der Waals surface area (Å²) in [6.07, 6.45) is 3.69. The number of carbonyl (C=O) groups is 3. The smallest absolute Gasteiger partial charge is 0.257 e. The highest BCUT2D eigenvalue weighted by Crippen LogP contribution is 2.30. The second-order valence-electron chi connectivity index (χ2n) is 7.47. The van der Waals surface area contributed by atoms with Gasteiger partial charge in [0.15, 0.2) is 0 Å². The van der Waals surface area contributed by atoms with Crippen LogP contribution in [0.3, 0.4) is 0 Å². The lowest BCUT2D eigenvalue weighted by atomic mass is 9.91. The fraction of sp³-hybridized carbons (Fsp3) is 0.684. The summed E-state index contributed by atoms with van der Waals surface area (Å²) in [5.41, 5.74) is 1.43. The van der Waals surface area contributed by atoms with Crippen LogP contribution in [0.25, 0.3) is 0 Å². The van der Waals surface area contributed by atoms with E-state index in [-0.39, 0.29) is 29.6 Å². The van der Waals surface area contributed by atoms with Gasteiger partial charge in [-0.3, -0.25) is 19.5 Å². The van der Waals surface area contributed by atoms with Crippen LogP contribution < -0.4 is 0 Å². The molecule has 2 aliphatic heterocycles. The first-order valence-corrected chi connectivity index (χ1v) is 9.81. The van der Waals surface area contributed by atoms with E-state index in [2.05, 4.69) is 10.2 Å². The van der Waals surface area contributed by atoms with Crippen LogP contribution in [0.4, 0.5) is 0 Å². The lowest BCUT2D eigenvalue weighted by Gasteiger charge is -2.34. The molecule has 1 aromatic rings. The number of amides is 3. The first-order chi connectivity index (χ1) is 13.0. The van der Waals surface area contributed by atoms with Crippen molar-refractivity contribution >= 4 is 17.7 Å². The van der Waals surface area contributed by atoms with Crippen molar-refractivity contribution in [1.29, 1.82) is 0 Å². The van der Waals surface area contributed by atoms with Gasteiger partial charge >= 0.3 is 0 Å². The second-order valence-corrected chi connectivity index (χ2v) is 7.47. The summed E-state index contributed by atoms with van der Waals surface area (Å²) in [4.78, 5) is 42.7. The van der Waals surface area contributed by atoms with E-state index in [0.717, 1.165) is 18.5 Å². The quantitative estimate of drug-likeness (QED) is 0.834. The van der Waals surface area contributed by atoms with E-state index in [9.17, 15) is 14.4 Å². The molecule has 0 spiro atoms. The monoisotopic (exact) mass is 375 g/mol. The van der Waals surface area contributed by atoms with Gasteiger partial charge in [0.25, 0.3) is 5.91 Å². The van der Waals surface area contributed by atoms with Crippen molar-refractivity contribution < 1.29 is 14.4 Å². The molecule has 0 radical (unpaired) electrons. The molecule has 0 aromatic carbocycles. The second kappa shape index (κ2) is 8.10. The Bertz CT molecular complexity index is 712. The number of likely N-dealkylation sites (tertiary alicyclic amines) is 2. The van der Waals surface area contributed by atoms with Crippen LogP contribution in [-0.4, -0.2) is 82.4 Å². The van der Waals surface area contributed by atoms with E-state index in [1.165, 1.54) is 0 Å². The number of nitrogens with zero attached hydrogens (tertiary/aromatic N) is 4. The predicted octanol–water partition coefficient (Wildman–Crippen LogP) is 1.08. The summed E-state index contributed by atoms with van der Waals surface area (Å²) in [5.74, 6) is -0.124. The molecule has 2 atom stereocenters. The third-order valence-corrected chi connectivity index (χ3v) is 5.78. The van der Waals surface area contributed by atoms with Crippen molar-refractivity contribution in [3.05, 3.63) is 17.5 Å². The fourth-order valence-corrected chi connectivity index (χ4v) is 4.16. The van der Waals surface area contributed by atoms with Crippen molar-refractivity contribution in [2.75, 3.05) is 39.8 Å². The van der Waals surface area contributed by atoms with Gasteiger partial charge in [0.05, 0.1) is 23.4 Å². The normalized spacial score (nSPS) is 23.0. The van der Waals surface area contributed by atoms with Crippen molar-refractivity contribution in [3.8, 4) is 0 Å². The maximum absolute atomic E-state index is 12.9. The number of hydrogen-bond donors (Lipinski definition) is 1. The Hall–Kier alpha value is -2.38. The summed E-state index contributed by atoms with van der Waals surface area (Å²) in [7, 11) is 1.74. The minimum absolute atomic E-state index is 0.0183. The number of carbonyl (C=O) groups excluding carboxylic acids is 3. The van der Waals surface area contributed by atoms with Gasteiger partial charge in [-0.1, -0.05) is 0 Å². The average molecular weight is 375 g/mol. The van der Waals surface area contributed by atoms with Gasteiger partial charge in [-0.25, -0.2) is 0 Å². The molecule has 27 heavy (non-hydrogen) atoms. The molecule has 0 unspecified atom stereocenters. The molecule has 8 nitrogen and oxygen atoms in total. The zero-order valence-corrected chi connectivity index (χ0v) is 16.4. The zero-order valence-electron chi connectivity index (χ0n) is 16.4. The third kappa shape index (κ3) is 3.84. The molecule has 0 aliphatic carbocycles. The number of aromatic nitrogens is 2. The Kier molecular flexibility index (Phi) is 5.82. The Balaban J connectivity index is 1.72. The molecule has 1 aromatic heterocycles. The van der Waals surface area contributed by atoms with Gasteiger partial charge in [-0.15, -0.1) is 0 Å². The van der Waals surface area contributed by atoms with Crippen LogP contribution in [0.5, 0.6) is 0 Å². The maximum Gasteiger partial charge on any atom is 0.257 e. The van der Waals surface area contributed by atoms with Gasteiger partial charge in [-0.2, -0.15) is 5.10 Å². The summed E-state index contributed by atoms with van der Waals surface area (Å²) in [5, 5.41) is 7.11. The average Bonchev–Trinajstić information content (AvgIpc) is 3.29. The van der Waals surface area contributed by atoms with Crippen LogP contribution in [-0.2, 0) is 9.59 Å². The highest BCUT2D eigenvalue weighted by molar-refractivity contribution is 5.95. The Morgan fingerprint density at radius 3 is 2.67 bits per heavy atom. The number of piperidine rings is 1. The Labute approximate surface area is 159 Å². The van der Waals surface area contributed by atoms with Gasteiger partial charge in [-0.05, 0) is 26.7 Å². The van der Waals surface area contributed by atoms with Crippen molar-refractivity contribution in [3.63, 3.8) is 0 Å². The lowest BCUT2D eigenvalue weighted by Crippen LogP contribution is -2.43. The van der Waals surface area contributed by atoms with E-state index in [4.69, 9.17) is 0 Å². The maximum atomic E-state index is 12.9. The molecule has 2 saturated heterocycles. The van der Waals surface area contributed by atoms with E-state index >= 15 is 0 Å². The van der Waals surface area contributed by atoms with E-state index in [0.29, 0.717) is 44.7 Å². The first kappa shape index (κ1) is 19.4. The van der Waals surface area contributed by atoms with Gasteiger partial charge in [0, 0.05) is 52.1 Å². The van der Waals surface area contributed by atoms with Crippen LogP contribution in [0, 0.1) is 5.92 Å². The SMILES string of the molecule is CCN(CC)C(=O)c1cn[nH]c1[C@H]1CCCN(C(=O)[C@@H]2CC(=O)N(C)C2)C1. The van der Waals surface area contributed by atoms with E-state index < -0.39 is 0 Å². The summed E-state index contributed by atoms with van der Waals surface area (Å²) in [6.45, 7) is 6.99. The topological polar surface area (TPSA) is 89.6 Å². The molecule has 2 fully saturated rings. The molecule has 0 bridgehead atoms. The minimum Gasteiger partial charge on any atom is -0.345 e. The molecular formula is C19H29N5O3. The number of hydrogen-bond acceptors (Lipinski definition) is 4. The minimum atomic E-state index is -0.250. The Morgan fingerprint density at radius 2 is 2.04 bits per heavy atom. The molecule has 0 saturated carbocycles. The standard InChI is InChI=1S/C19H29N5O3/c1-4-23(5-2)19(27)15-10-20-21-17(15)13-7-6-8-24(12-13)18(26)14-9-16(25)22(3)11-14/h10,13-14H,4-9,11-12H2,1-3H3,(H,20,21)/t13-,14+/m0/s1. The molecular weight excluding hydrogens is 346 g/mol. The third-order valence-electron chi connectivity index (χ3n) is 5.78. The fourth-order valence-electron chi connectivity index (χ4n) is 4.16. The van der Waals surface area contributed by atoms with Crippen LogP contribution >= 0.6 is 0 Å². The molecule has 2 aliphatic rings. The van der Waals surface area contributed by atoms with Crippen LogP contribution in [0.15, 0.2) is 6.20 Å². The zero-order chi connectivity index (χ0) is 19.6. The molecule has 3 rings (SSSR count). The highest BCUT2D eigenvalue weighted by Gasteiger charge is 2.37. The van der Waals surface area contributed by atoms with Gasteiger partial charge < -0.3 is 14.7 Å². The van der Waals surface area contributed by atoms with E-state index in [1.807, 2.05) is 18.7 Å². The van der Waals surface area contributed by atoms with Crippen LogP contribution in [0.2, 0.25) is 0 Å². The Morgan fingerprint density at radius 1 is 1.30 bits per heavy atom. The number of H-pyrrole nitrogens is 1. The number of aromatic amines is 1. The number of rotatable bonds is 5. The molecule has 3 amide bonds. The first-order valence-electron chi connectivity index (χ1n) is 9.81.